The fraction of sp³-hybridized carbons (Fsp3) is 0.200. The zero-order valence-electron chi connectivity index (χ0n) is 11.5. The number of rotatable bonds is 4. The van der Waals surface area contributed by atoms with E-state index in [1.807, 2.05) is 0 Å². The fourth-order valence-corrected chi connectivity index (χ4v) is 3.26. The minimum Gasteiger partial charge on any atom is -0.496 e. The second-order valence-electron chi connectivity index (χ2n) is 4.59. The molecule has 0 aromatic heterocycles. The van der Waals surface area contributed by atoms with Gasteiger partial charge in [0.2, 0.25) is 0 Å². The van der Waals surface area contributed by atoms with E-state index >= 15 is 0 Å². The van der Waals surface area contributed by atoms with Crippen molar-refractivity contribution in [1.29, 1.82) is 0 Å². The number of methoxy groups -OCH3 is 1. The van der Waals surface area contributed by atoms with E-state index in [-0.39, 0.29) is 15.5 Å². The molecule has 0 saturated heterocycles. The molecule has 0 fully saturated rings. The lowest BCUT2D eigenvalue weighted by atomic mass is 10.0. The number of hydrogen-bond donors (Lipinski definition) is 0. The second-order valence-corrected chi connectivity index (χ2v) is 7.52. The maximum atomic E-state index is 13.4. The zero-order valence-corrected chi connectivity index (χ0v) is 13.9. The molecule has 112 valence electrons. The van der Waals surface area contributed by atoms with Crippen LogP contribution in [0.2, 0.25) is 0 Å². The van der Waals surface area contributed by atoms with Gasteiger partial charge in [-0.25, -0.2) is 12.8 Å². The predicted molar refractivity (Wildman–Crippen MR) is 83.3 cm³/mol. The number of hydrogen-bond acceptors (Lipinski definition) is 3. The molecule has 0 bridgehead atoms. The summed E-state index contributed by atoms with van der Waals surface area (Å²) in [5.41, 5.74) is 1.45. The van der Waals surface area contributed by atoms with E-state index in [1.165, 1.54) is 31.4 Å². The van der Waals surface area contributed by atoms with Crippen molar-refractivity contribution in [3.05, 3.63) is 59.4 Å². The summed E-state index contributed by atoms with van der Waals surface area (Å²) in [6.45, 7) is 0. The first-order valence-corrected chi connectivity index (χ1v) is 8.91. The summed E-state index contributed by atoms with van der Waals surface area (Å²) in [5, 5.41) is 0. The number of ether oxygens (including phenoxy) is 1. The highest BCUT2D eigenvalue weighted by molar-refractivity contribution is 9.09. The normalized spacial score (nSPS) is 13.0. The van der Waals surface area contributed by atoms with Crippen LogP contribution in [0.4, 0.5) is 4.39 Å². The summed E-state index contributed by atoms with van der Waals surface area (Å²) in [6.07, 6.45) is 1.16. The molecular weight excluding hydrogens is 359 g/mol. The molecule has 3 nitrogen and oxygen atoms in total. The van der Waals surface area contributed by atoms with Crippen molar-refractivity contribution in [3.8, 4) is 5.75 Å². The molecule has 0 N–H and O–H groups in total. The number of alkyl halides is 1. The summed E-state index contributed by atoms with van der Waals surface area (Å²) in [7, 11) is -1.71. The minimum atomic E-state index is -3.23. The smallest absolute Gasteiger partial charge is 0.175 e. The Kier molecular flexibility index (Phi) is 4.68. The van der Waals surface area contributed by atoms with Crippen LogP contribution in [0.3, 0.4) is 0 Å². The maximum absolute atomic E-state index is 13.4. The van der Waals surface area contributed by atoms with Gasteiger partial charge in [-0.1, -0.05) is 28.1 Å². The van der Waals surface area contributed by atoms with Crippen LogP contribution in [-0.2, 0) is 9.84 Å². The van der Waals surface area contributed by atoms with Gasteiger partial charge in [0, 0.05) is 11.8 Å². The van der Waals surface area contributed by atoms with Crippen molar-refractivity contribution in [2.75, 3.05) is 13.4 Å². The molecule has 1 unspecified atom stereocenters. The van der Waals surface area contributed by atoms with Crippen LogP contribution < -0.4 is 4.74 Å². The van der Waals surface area contributed by atoms with Gasteiger partial charge in [0.25, 0.3) is 0 Å². The summed E-state index contributed by atoms with van der Waals surface area (Å²) in [6, 6.07) is 10.7. The number of sulfone groups is 1. The quantitative estimate of drug-likeness (QED) is 0.768. The van der Waals surface area contributed by atoms with E-state index in [1.54, 1.807) is 18.2 Å². The summed E-state index contributed by atoms with van der Waals surface area (Å²) >= 11 is 3.50. The highest BCUT2D eigenvalue weighted by Crippen LogP contribution is 2.37. The average molecular weight is 373 g/mol. The Morgan fingerprint density at radius 3 is 2.29 bits per heavy atom. The van der Waals surface area contributed by atoms with Gasteiger partial charge in [-0.05, 0) is 35.9 Å². The van der Waals surface area contributed by atoms with E-state index in [9.17, 15) is 12.8 Å². The minimum absolute atomic E-state index is 0.247. The van der Waals surface area contributed by atoms with Gasteiger partial charge in [-0.15, -0.1) is 0 Å². The lowest BCUT2D eigenvalue weighted by molar-refractivity contribution is 0.409. The lowest BCUT2D eigenvalue weighted by Crippen LogP contribution is -2.00. The van der Waals surface area contributed by atoms with Gasteiger partial charge < -0.3 is 4.74 Å². The lowest BCUT2D eigenvalue weighted by Gasteiger charge is -2.15. The summed E-state index contributed by atoms with van der Waals surface area (Å²) in [5.74, 6) is 0.202. The van der Waals surface area contributed by atoms with Crippen LogP contribution in [0.5, 0.6) is 5.75 Å². The molecule has 2 aromatic rings. The van der Waals surface area contributed by atoms with E-state index in [0.717, 1.165) is 11.8 Å². The highest BCUT2D eigenvalue weighted by atomic mass is 79.9. The van der Waals surface area contributed by atoms with E-state index in [4.69, 9.17) is 4.74 Å². The first kappa shape index (κ1) is 16.0. The van der Waals surface area contributed by atoms with Gasteiger partial charge in [-0.3, -0.25) is 0 Å². The highest BCUT2D eigenvalue weighted by Gasteiger charge is 2.17. The van der Waals surface area contributed by atoms with E-state index in [0.29, 0.717) is 11.3 Å². The second kappa shape index (κ2) is 6.15. The molecule has 6 heteroatoms. The number of benzene rings is 2. The molecule has 0 spiro atoms. The Morgan fingerprint density at radius 1 is 1.14 bits per heavy atom. The van der Waals surface area contributed by atoms with Gasteiger partial charge in [0.15, 0.2) is 9.84 Å². The van der Waals surface area contributed by atoms with Gasteiger partial charge in [-0.2, -0.15) is 0 Å². The third-order valence-corrected chi connectivity index (χ3v) is 5.22. The van der Waals surface area contributed by atoms with Crippen LogP contribution in [-0.4, -0.2) is 21.8 Å². The Bertz CT molecular complexity index is 742. The van der Waals surface area contributed by atoms with Crippen molar-refractivity contribution in [2.24, 2.45) is 0 Å². The van der Waals surface area contributed by atoms with E-state index < -0.39 is 9.84 Å². The van der Waals surface area contributed by atoms with E-state index in [2.05, 4.69) is 15.9 Å². The Labute approximate surface area is 131 Å². The van der Waals surface area contributed by atoms with Crippen molar-refractivity contribution in [2.45, 2.75) is 9.72 Å². The van der Waals surface area contributed by atoms with Crippen molar-refractivity contribution < 1.29 is 17.5 Å². The zero-order chi connectivity index (χ0) is 15.6. The maximum Gasteiger partial charge on any atom is 0.175 e. The van der Waals surface area contributed by atoms with Crippen LogP contribution >= 0.6 is 15.9 Å². The van der Waals surface area contributed by atoms with Crippen LogP contribution in [0, 0.1) is 5.82 Å². The average Bonchev–Trinajstić information content (AvgIpc) is 2.45. The third-order valence-electron chi connectivity index (χ3n) is 3.07. The molecule has 21 heavy (non-hydrogen) atoms. The van der Waals surface area contributed by atoms with Gasteiger partial charge >= 0.3 is 0 Å². The molecule has 0 amide bonds. The van der Waals surface area contributed by atoms with Crippen molar-refractivity contribution in [1.82, 2.24) is 0 Å². The topological polar surface area (TPSA) is 43.4 Å². The van der Waals surface area contributed by atoms with Crippen molar-refractivity contribution in [3.63, 3.8) is 0 Å². The molecule has 0 aliphatic heterocycles. The molecule has 0 radical (unpaired) electrons. The molecule has 0 saturated carbocycles. The van der Waals surface area contributed by atoms with Crippen LogP contribution in [0.25, 0.3) is 0 Å². The van der Waals surface area contributed by atoms with Crippen LogP contribution in [0.1, 0.15) is 16.0 Å². The molecule has 2 rings (SSSR count). The Hall–Kier alpha value is -1.40. The summed E-state index contributed by atoms with van der Waals surface area (Å²) < 4.78 is 41.5. The predicted octanol–water partition coefficient (Wildman–Crippen LogP) is 3.72. The monoisotopic (exact) mass is 372 g/mol. The molecule has 1 atom stereocenters. The standard InChI is InChI=1S/C15H14BrFO3S/c1-20-14-8-5-11(17)9-13(14)15(16)10-3-6-12(7-4-10)21(2,18)19/h3-9,15H,1-2H3. The molecular formula is C15H14BrFO3S. The van der Waals surface area contributed by atoms with Gasteiger partial charge in [0.1, 0.15) is 11.6 Å². The van der Waals surface area contributed by atoms with Gasteiger partial charge in [0.05, 0.1) is 16.8 Å². The molecule has 0 heterocycles. The Morgan fingerprint density at radius 2 is 1.76 bits per heavy atom. The molecule has 0 aliphatic rings. The molecule has 2 aromatic carbocycles. The fourth-order valence-electron chi connectivity index (χ4n) is 1.97. The number of halogens is 2. The first-order valence-electron chi connectivity index (χ1n) is 6.10. The first-order chi connectivity index (χ1) is 9.82. The Balaban J connectivity index is 2.40. The molecule has 0 aliphatic carbocycles. The third kappa shape index (κ3) is 3.63. The van der Waals surface area contributed by atoms with Crippen LogP contribution in [0.15, 0.2) is 47.4 Å². The van der Waals surface area contributed by atoms with Crippen molar-refractivity contribution >= 4 is 25.8 Å². The SMILES string of the molecule is COc1ccc(F)cc1C(Br)c1ccc(S(C)(=O)=O)cc1. The largest absolute Gasteiger partial charge is 0.496 e. The summed E-state index contributed by atoms with van der Waals surface area (Å²) in [4.78, 5) is -0.0473.